The predicted octanol–water partition coefficient (Wildman–Crippen LogP) is 7.96. The number of rotatable bonds is 15. The summed E-state index contributed by atoms with van der Waals surface area (Å²) in [6.45, 7) is 4.60. The molecule has 0 aliphatic carbocycles. The third-order valence-electron chi connectivity index (χ3n) is 5.14. The molecule has 0 atom stereocenters. The molecule has 0 unspecified atom stereocenters. The van der Waals surface area contributed by atoms with E-state index >= 15 is 0 Å². The van der Waals surface area contributed by atoms with Crippen LogP contribution in [0.15, 0.2) is 30.3 Å². The Balaban J connectivity index is 2.42. The van der Waals surface area contributed by atoms with Crippen molar-refractivity contribution < 1.29 is 0 Å². The van der Waals surface area contributed by atoms with Gasteiger partial charge in [-0.05, 0) is 0 Å². The van der Waals surface area contributed by atoms with Crippen molar-refractivity contribution >= 4 is 32.4 Å². The van der Waals surface area contributed by atoms with Crippen molar-refractivity contribution in [3.63, 3.8) is 0 Å². The number of benzene rings is 1. The molecule has 0 nitrogen and oxygen atoms in total. The molecule has 0 N–H and O–H groups in total. The van der Waals surface area contributed by atoms with Crippen LogP contribution in [0.1, 0.15) is 90.9 Å². The fourth-order valence-electron chi connectivity index (χ4n) is 3.52. The van der Waals surface area contributed by atoms with Gasteiger partial charge in [-0.2, -0.15) is 0 Å². The van der Waals surface area contributed by atoms with Crippen molar-refractivity contribution in [3.05, 3.63) is 30.3 Å². The predicted molar refractivity (Wildman–Crippen MR) is 117 cm³/mol. The molecule has 0 aliphatic rings. The van der Waals surface area contributed by atoms with Crippen LogP contribution in [0, 0.1) is 0 Å². The Kier molecular flexibility index (Phi) is 13.8. The minimum absolute atomic E-state index is 1.35. The summed E-state index contributed by atoms with van der Waals surface area (Å²) in [4.78, 5) is 0. The van der Waals surface area contributed by atoms with Crippen LogP contribution in [0.2, 0.25) is 8.87 Å². The number of unbranched alkanes of at least 4 members (excludes halogenated alkanes) is 10. The number of hydrogen-bond acceptors (Lipinski definition) is 0. The first-order valence-electron chi connectivity index (χ1n) is 10.5. The molecule has 0 saturated heterocycles. The zero-order valence-corrected chi connectivity index (χ0v) is 20.6. The van der Waals surface area contributed by atoms with E-state index in [1.807, 2.05) is 0 Å². The first-order valence-corrected chi connectivity index (χ1v) is 22.3. The number of hydrogen-bond donors (Lipinski definition) is 0. The molecule has 1 rings (SSSR count). The van der Waals surface area contributed by atoms with Crippen molar-refractivity contribution in [3.8, 4) is 0 Å². The summed E-state index contributed by atoms with van der Waals surface area (Å²) in [5.41, 5.74) is 0. The van der Waals surface area contributed by atoms with Crippen LogP contribution in [0.3, 0.4) is 0 Å². The molecule has 0 amide bonds. The second kappa shape index (κ2) is 14.6. The molecule has 1 aromatic carbocycles. The summed E-state index contributed by atoms with van der Waals surface area (Å²) < 4.78 is 4.66. The third-order valence-corrected chi connectivity index (χ3v) is 24.0. The molecule has 2 heteroatoms. The molecule has 0 saturated carbocycles. The van der Waals surface area contributed by atoms with Gasteiger partial charge in [-0.1, -0.05) is 0 Å². The Labute approximate surface area is 161 Å². The molecular formula is C22H39BrSn. The second-order valence-corrected chi connectivity index (χ2v) is 27.6. The van der Waals surface area contributed by atoms with Crippen molar-refractivity contribution in [1.82, 2.24) is 0 Å². The van der Waals surface area contributed by atoms with Gasteiger partial charge in [0.15, 0.2) is 0 Å². The van der Waals surface area contributed by atoms with Gasteiger partial charge in [-0.25, -0.2) is 0 Å². The van der Waals surface area contributed by atoms with Gasteiger partial charge in [0.1, 0.15) is 0 Å². The maximum atomic E-state index is 4.37. The zero-order chi connectivity index (χ0) is 17.5. The normalized spacial score (nSPS) is 11.8. The van der Waals surface area contributed by atoms with Gasteiger partial charge in [0.2, 0.25) is 0 Å². The van der Waals surface area contributed by atoms with Gasteiger partial charge in [0, 0.05) is 0 Å². The monoisotopic (exact) mass is 502 g/mol. The molecule has 0 bridgehead atoms. The fraction of sp³-hybridized carbons (Fsp3) is 0.727. The molecule has 24 heavy (non-hydrogen) atoms. The van der Waals surface area contributed by atoms with E-state index in [1.54, 1.807) is 3.58 Å². The molecule has 0 aromatic heterocycles. The summed E-state index contributed by atoms with van der Waals surface area (Å²) in [7, 11) is 0. The molecule has 138 valence electrons. The van der Waals surface area contributed by atoms with Crippen LogP contribution in [0.5, 0.6) is 0 Å². The van der Waals surface area contributed by atoms with Crippen LogP contribution >= 0.6 is 12.7 Å². The summed E-state index contributed by atoms with van der Waals surface area (Å²) in [5, 5.41) is 0. The fourth-order valence-corrected chi connectivity index (χ4v) is 18.3. The quantitative estimate of drug-likeness (QED) is 0.169. The van der Waals surface area contributed by atoms with Gasteiger partial charge in [-0.15, -0.1) is 0 Å². The SMILES string of the molecule is CCCCCCC[CH2][Sn]([Br])([CH2]CCCCCCC)[c]1ccccc1. The molecular weight excluding hydrogens is 463 g/mol. The number of halogens is 1. The standard InChI is InChI=1S/2C8H17.C6H5.BrH.Sn/c2*1-3-5-7-8-6-4-2;1-2-4-6-5-3-1;;/h2*1,3-8H2,2H3;1-5H;1H;/q;;;;+1/p-1. The van der Waals surface area contributed by atoms with E-state index in [4.69, 9.17) is 0 Å². The van der Waals surface area contributed by atoms with E-state index in [1.165, 1.54) is 85.9 Å². The first kappa shape index (κ1) is 22.5. The van der Waals surface area contributed by atoms with Crippen molar-refractivity contribution in [2.24, 2.45) is 0 Å². The summed E-state index contributed by atoms with van der Waals surface area (Å²) in [6.07, 6.45) is 17.0. The molecule has 0 spiro atoms. The Morgan fingerprint density at radius 2 is 1.04 bits per heavy atom. The molecule has 0 fully saturated rings. The summed E-state index contributed by atoms with van der Waals surface area (Å²) in [6, 6.07) is 11.5. The molecule has 0 heterocycles. The van der Waals surface area contributed by atoms with Gasteiger partial charge in [0.25, 0.3) is 0 Å². The summed E-state index contributed by atoms with van der Waals surface area (Å²) in [5.74, 6) is 0. The average molecular weight is 502 g/mol. The molecule has 0 aliphatic heterocycles. The Hall–Kier alpha value is 0.499. The van der Waals surface area contributed by atoms with Crippen LogP contribution in [-0.4, -0.2) is 16.2 Å². The van der Waals surface area contributed by atoms with E-state index < -0.39 is 16.2 Å². The summed E-state index contributed by atoms with van der Waals surface area (Å²) >= 11 is 2.08. The van der Waals surface area contributed by atoms with E-state index in [0.29, 0.717) is 0 Å². The van der Waals surface area contributed by atoms with Gasteiger partial charge < -0.3 is 0 Å². The Morgan fingerprint density at radius 3 is 1.50 bits per heavy atom. The Morgan fingerprint density at radius 1 is 0.625 bits per heavy atom. The molecule has 1 aromatic rings. The first-order chi connectivity index (χ1) is 11.7. The second-order valence-electron chi connectivity index (χ2n) is 7.37. The van der Waals surface area contributed by atoms with E-state index in [-0.39, 0.29) is 0 Å². The van der Waals surface area contributed by atoms with Gasteiger partial charge in [0.05, 0.1) is 0 Å². The van der Waals surface area contributed by atoms with Crippen LogP contribution in [0.4, 0.5) is 0 Å². The van der Waals surface area contributed by atoms with E-state index in [2.05, 4.69) is 56.9 Å². The van der Waals surface area contributed by atoms with Crippen molar-refractivity contribution in [1.29, 1.82) is 0 Å². The van der Waals surface area contributed by atoms with Crippen LogP contribution in [-0.2, 0) is 0 Å². The van der Waals surface area contributed by atoms with Crippen molar-refractivity contribution in [2.75, 3.05) is 0 Å². The zero-order valence-electron chi connectivity index (χ0n) is 16.2. The average Bonchev–Trinajstić information content (AvgIpc) is 2.62. The van der Waals surface area contributed by atoms with E-state index in [9.17, 15) is 0 Å². The minimum atomic E-state index is -2.29. The molecule has 0 radical (unpaired) electrons. The van der Waals surface area contributed by atoms with Crippen molar-refractivity contribution in [2.45, 2.75) is 99.8 Å². The Bertz CT molecular complexity index is 374. The van der Waals surface area contributed by atoms with Gasteiger partial charge >= 0.3 is 163 Å². The van der Waals surface area contributed by atoms with Crippen LogP contribution < -0.4 is 3.58 Å². The third kappa shape index (κ3) is 9.85. The topological polar surface area (TPSA) is 0 Å². The van der Waals surface area contributed by atoms with Crippen LogP contribution in [0.25, 0.3) is 0 Å². The maximum absolute atomic E-state index is 4.37. The van der Waals surface area contributed by atoms with E-state index in [0.717, 1.165) is 0 Å². The van der Waals surface area contributed by atoms with Gasteiger partial charge in [-0.3, -0.25) is 0 Å².